The maximum atomic E-state index is 5.88. The molecule has 2 atom stereocenters. The van der Waals surface area contributed by atoms with Gasteiger partial charge in [0.25, 0.3) is 0 Å². The lowest BCUT2D eigenvalue weighted by Crippen LogP contribution is -2.49. The van der Waals surface area contributed by atoms with Gasteiger partial charge in [-0.3, -0.25) is 4.90 Å². The molecular formula is C14H30N2S. The third-order valence-corrected chi connectivity index (χ3v) is 5.09. The van der Waals surface area contributed by atoms with Gasteiger partial charge in [-0.15, -0.1) is 0 Å². The number of nitrogens with two attached hydrogens (primary N) is 1. The van der Waals surface area contributed by atoms with Crippen LogP contribution >= 0.6 is 11.8 Å². The highest BCUT2D eigenvalue weighted by Gasteiger charge is 2.30. The van der Waals surface area contributed by atoms with E-state index < -0.39 is 0 Å². The third-order valence-electron chi connectivity index (χ3n) is 3.73. The first kappa shape index (κ1) is 15.3. The number of thioether (sulfide) groups is 1. The molecule has 3 heteroatoms. The van der Waals surface area contributed by atoms with Crippen LogP contribution < -0.4 is 5.73 Å². The van der Waals surface area contributed by atoms with Gasteiger partial charge in [-0.1, -0.05) is 27.7 Å². The average Bonchev–Trinajstić information content (AvgIpc) is 2.29. The first-order valence-electron chi connectivity index (χ1n) is 7.06. The lowest BCUT2D eigenvalue weighted by atomic mass is 9.91. The second kappa shape index (κ2) is 7.01. The van der Waals surface area contributed by atoms with Gasteiger partial charge in [-0.05, 0) is 43.5 Å². The Kier molecular flexibility index (Phi) is 6.32. The quantitative estimate of drug-likeness (QED) is 0.794. The Balaban J connectivity index is 2.63. The number of hydrogen-bond acceptors (Lipinski definition) is 3. The third kappa shape index (κ3) is 4.80. The van der Waals surface area contributed by atoms with Gasteiger partial charge < -0.3 is 5.73 Å². The van der Waals surface area contributed by atoms with E-state index in [4.69, 9.17) is 5.73 Å². The van der Waals surface area contributed by atoms with Crippen LogP contribution in [0.4, 0.5) is 0 Å². The van der Waals surface area contributed by atoms with E-state index in [1.807, 2.05) is 0 Å². The molecule has 17 heavy (non-hydrogen) atoms. The van der Waals surface area contributed by atoms with Crippen molar-refractivity contribution in [3.05, 3.63) is 0 Å². The van der Waals surface area contributed by atoms with Gasteiger partial charge in [-0.2, -0.15) is 11.8 Å². The van der Waals surface area contributed by atoms with Crippen molar-refractivity contribution < 1.29 is 0 Å². The zero-order chi connectivity index (χ0) is 12.9. The summed E-state index contributed by atoms with van der Waals surface area (Å²) >= 11 is 2.14. The molecule has 0 spiro atoms. The topological polar surface area (TPSA) is 29.3 Å². The molecule has 0 aliphatic carbocycles. The van der Waals surface area contributed by atoms with Crippen molar-refractivity contribution in [1.29, 1.82) is 0 Å². The maximum Gasteiger partial charge on any atom is 0.0212 e. The van der Waals surface area contributed by atoms with Crippen LogP contribution in [0.2, 0.25) is 0 Å². The van der Waals surface area contributed by atoms with Crippen LogP contribution in [0.3, 0.4) is 0 Å². The van der Waals surface area contributed by atoms with Gasteiger partial charge >= 0.3 is 0 Å². The Labute approximate surface area is 112 Å². The lowest BCUT2D eigenvalue weighted by Gasteiger charge is -2.41. The summed E-state index contributed by atoms with van der Waals surface area (Å²) in [5, 5.41) is 0.781. The average molecular weight is 258 g/mol. The number of hydrogen-bond donors (Lipinski definition) is 1. The molecule has 0 aromatic carbocycles. The zero-order valence-corrected chi connectivity index (χ0v) is 12.9. The van der Waals surface area contributed by atoms with E-state index in [1.165, 1.54) is 31.6 Å². The van der Waals surface area contributed by atoms with Crippen LogP contribution in [0.25, 0.3) is 0 Å². The van der Waals surface area contributed by atoms with Gasteiger partial charge in [0.2, 0.25) is 0 Å². The monoisotopic (exact) mass is 258 g/mol. The Hall–Kier alpha value is 0.270. The Morgan fingerprint density at radius 3 is 2.65 bits per heavy atom. The molecule has 1 aliphatic rings. The minimum atomic E-state index is 0.247. The van der Waals surface area contributed by atoms with E-state index in [-0.39, 0.29) is 5.41 Å². The van der Waals surface area contributed by atoms with Crippen LogP contribution in [-0.4, -0.2) is 41.6 Å². The molecule has 0 radical (unpaired) electrons. The molecule has 102 valence electrons. The number of nitrogens with zero attached hydrogens (tertiary/aromatic N) is 1. The second-order valence-electron chi connectivity index (χ2n) is 6.12. The van der Waals surface area contributed by atoms with Crippen LogP contribution in [0, 0.1) is 5.41 Å². The van der Waals surface area contributed by atoms with E-state index in [1.54, 1.807) is 0 Å². The fourth-order valence-corrected chi connectivity index (χ4v) is 3.89. The smallest absolute Gasteiger partial charge is 0.0212 e. The molecule has 1 fully saturated rings. The maximum absolute atomic E-state index is 5.88. The van der Waals surface area contributed by atoms with Gasteiger partial charge in [0.05, 0.1) is 0 Å². The Morgan fingerprint density at radius 2 is 2.12 bits per heavy atom. The summed E-state index contributed by atoms with van der Waals surface area (Å²) in [6.45, 7) is 12.4. The molecule has 0 aromatic heterocycles. The van der Waals surface area contributed by atoms with E-state index in [0.717, 1.165) is 24.4 Å². The minimum absolute atomic E-state index is 0.247. The van der Waals surface area contributed by atoms with Crippen LogP contribution in [0.15, 0.2) is 0 Å². The number of rotatable bonds is 6. The molecule has 0 amide bonds. The Morgan fingerprint density at radius 1 is 1.41 bits per heavy atom. The molecule has 0 aromatic rings. The standard InChI is InChI=1S/C14H30N2S/c1-5-8-16(11-14(3,4)10-15)13-7-6-9-17-12(13)2/h12-13H,5-11,15H2,1-4H3. The summed E-state index contributed by atoms with van der Waals surface area (Å²) in [6, 6.07) is 0.763. The largest absolute Gasteiger partial charge is 0.330 e. The molecular weight excluding hydrogens is 228 g/mol. The van der Waals surface area contributed by atoms with Crippen LogP contribution in [0.5, 0.6) is 0 Å². The molecule has 2 nitrogen and oxygen atoms in total. The van der Waals surface area contributed by atoms with Crippen molar-refractivity contribution in [2.75, 3.05) is 25.4 Å². The van der Waals surface area contributed by atoms with Crippen molar-refractivity contribution in [2.45, 2.75) is 58.2 Å². The van der Waals surface area contributed by atoms with E-state index in [0.29, 0.717) is 0 Å². The molecule has 0 saturated carbocycles. The summed E-state index contributed by atoms with van der Waals surface area (Å²) < 4.78 is 0. The first-order chi connectivity index (χ1) is 8.00. The van der Waals surface area contributed by atoms with Gasteiger partial charge in [0.1, 0.15) is 0 Å². The summed E-state index contributed by atoms with van der Waals surface area (Å²) in [7, 11) is 0. The molecule has 1 saturated heterocycles. The summed E-state index contributed by atoms with van der Waals surface area (Å²) in [5.74, 6) is 1.35. The highest BCUT2D eigenvalue weighted by Crippen LogP contribution is 2.30. The SMILES string of the molecule is CCCN(CC(C)(C)CN)C1CCCSC1C. The molecule has 1 rings (SSSR count). The zero-order valence-electron chi connectivity index (χ0n) is 12.0. The lowest BCUT2D eigenvalue weighted by molar-refractivity contribution is 0.123. The fraction of sp³-hybridized carbons (Fsp3) is 1.00. The summed E-state index contributed by atoms with van der Waals surface area (Å²) in [5.41, 5.74) is 6.13. The predicted octanol–water partition coefficient (Wildman–Crippen LogP) is 2.97. The summed E-state index contributed by atoms with van der Waals surface area (Å²) in [6.07, 6.45) is 3.99. The Bertz CT molecular complexity index is 218. The van der Waals surface area contributed by atoms with Crippen LogP contribution in [0.1, 0.15) is 47.0 Å². The fourth-order valence-electron chi connectivity index (χ4n) is 2.65. The second-order valence-corrected chi connectivity index (χ2v) is 7.61. The summed E-state index contributed by atoms with van der Waals surface area (Å²) in [4.78, 5) is 2.70. The molecule has 0 bridgehead atoms. The first-order valence-corrected chi connectivity index (χ1v) is 8.11. The van der Waals surface area contributed by atoms with Crippen LogP contribution in [-0.2, 0) is 0 Å². The van der Waals surface area contributed by atoms with Crippen molar-refractivity contribution >= 4 is 11.8 Å². The minimum Gasteiger partial charge on any atom is -0.330 e. The molecule has 1 heterocycles. The molecule has 1 aliphatic heterocycles. The van der Waals surface area contributed by atoms with E-state index >= 15 is 0 Å². The van der Waals surface area contributed by atoms with Crippen molar-refractivity contribution in [3.8, 4) is 0 Å². The van der Waals surface area contributed by atoms with Crippen molar-refractivity contribution in [3.63, 3.8) is 0 Å². The van der Waals surface area contributed by atoms with Gasteiger partial charge in [-0.25, -0.2) is 0 Å². The normalized spacial score (nSPS) is 26.5. The van der Waals surface area contributed by atoms with Crippen molar-refractivity contribution in [1.82, 2.24) is 4.90 Å². The highest BCUT2D eigenvalue weighted by atomic mass is 32.2. The molecule has 2 N–H and O–H groups in total. The molecule has 2 unspecified atom stereocenters. The highest BCUT2D eigenvalue weighted by molar-refractivity contribution is 7.99. The van der Waals surface area contributed by atoms with Gasteiger partial charge in [0, 0.05) is 17.8 Å². The van der Waals surface area contributed by atoms with Crippen molar-refractivity contribution in [2.24, 2.45) is 11.1 Å². The van der Waals surface area contributed by atoms with Gasteiger partial charge in [0.15, 0.2) is 0 Å². The predicted molar refractivity (Wildman–Crippen MR) is 79.6 cm³/mol. The van der Waals surface area contributed by atoms with E-state index in [2.05, 4.69) is 44.4 Å². The van der Waals surface area contributed by atoms with E-state index in [9.17, 15) is 0 Å².